The number of rotatable bonds is 6. The van der Waals surface area contributed by atoms with E-state index in [-0.39, 0.29) is 0 Å². The van der Waals surface area contributed by atoms with Crippen molar-refractivity contribution in [3.63, 3.8) is 0 Å². The summed E-state index contributed by atoms with van der Waals surface area (Å²) in [5.74, 6) is 1.90. The van der Waals surface area contributed by atoms with Gasteiger partial charge in [0.2, 0.25) is 0 Å². The third-order valence-corrected chi connectivity index (χ3v) is 4.69. The highest BCUT2D eigenvalue weighted by molar-refractivity contribution is 7.99. The molecule has 1 aromatic heterocycles. The number of nitrogens with zero attached hydrogens (tertiary/aromatic N) is 2. The first-order chi connectivity index (χ1) is 8.88. The highest BCUT2D eigenvalue weighted by atomic mass is 32.2. The molecule has 0 aliphatic heterocycles. The SMILES string of the molecule is CCCNc1cnc(CSC2CCCCC2)cn1. The van der Waals surface area contributed by atoms with Crippen LogP contribution in [0.4, 0.5) is 5.82 Å². The van der Waals surface area contributed by atoms with Gasteiger partial charge in [-0.2, -0.15) is 11.8 Å². The lowest BCUT2D eigenvalue weighted by Gasteiger charge is -2.20. The van der Waals surface area contributed by atoms with Crippen molar-refractivity contribution in [2.45, 2.75) is 56.5 Å². The molecule has 3 nitrogen and oxygen atoms in total. The van der Waals surface area contributed by atoms with Gasteiger partial charge in [0.1, 0.15) is 5.82 Å². The van der Waals surface area contributed by atoms with E-state index in [2.05, 4.69) is 34.0 Å². The second-order valence-electron chi connectivity index (χ2n) is 4.89. The van der Waals surface area contributed by atoms with Crippen molar-refractivity contribution in [1.82, 2.24) is 9.97 Å². The first kappa shape index (κ1) is 13.7. The number of hydrogen-bond acceptors (Lipinski definition) is 4. The Labute approximate surface area is 114 Å². The van der Waals surface area contributed by atoms with Gasteiger partial charge in [-0.1, -0.05) is 26.2 Å². The van der Waals surface area contributed by atoms with E-state index in [0.29, 0.717) is 0 Å². The molecule has 0 aromatic carbocycles. The van der Waals surface area contributed by atoms with Crippen LogP contribution in [0, 0.1) is 0 Å². The van der Waals surface area contributed by atoms with Crippen LogP contribution in [0.1, 0.15) is 51.1 Å². The average molecular weight is 265 g/mol. The molecule has 100 valence electrons. The Balaban J connectivity index is 1.75. The molecular formula is C14H23N3S. The molecular weight excluding hydrogens is 242 g/mol. The molecule has 0 unspecified atom stereocenters. The second kappa shape index (κ2) is 7.62. The first-order valence-electron chi connectivity index (χ1n) is 7.05. The molecule has 1 N–H and O–H groups in total. The highest BCUT2D eigenvalue weighted by Gasteiger charge is 2.13. The molecule has 0 radical (unpaired) electrons. The number of hydrogen-bond donors (Lipinski definition) is 1. The summed E-state index contributed by atoms with van der Waals surface area (Å²) >= 11 is 2.05. The average Bonchev–Trinajstić information content (AvgIpc) is 2.45. The Morgan fingerprint density at radius 3 is 2.72 bits per heavy atom. The van der Waals surface area contributed by atoms with Crippen LogP contribution < -0.4 is 5.32 Å². The fourth-order valence-corrected chi connectivity index (χ4v) is 3.43. The lowest BCUT2D eigenvalue weighted by atomic mass is 10.0. The Morgan fingerprint density at radius 1 is 1.22 bits per heavy atom. The Morgan fingerprint density at radius 2 is 2.06 bits per heavy atom. The van der Waals surface area contributed by atoms with Gasteiger partial charge < -0.3 is 5.32 Å². The van der Waals surface area contributed by atoms with Crippen LogP contribution in [0.15, 0.2) is 12.4 Å². The minimum absolute atomic E-state index is 0.846. The molecule has 0 amide bonds. The molecule has 0 atom stereocenters. The molecule has 1 fully saturated rings. The smallest absolute Gasteiger partial charge is 0.144 e. The van der Waals surface area contributed by atoms with E-state index in [4.69, 9.17) is 0 Å². The van der Waals surface area contributed by atoms with Crippen LogP contribution in [0.2, 0.25) is 0 Å². The molecule has 1 heterocycles. The van der Waals surface area contributed by atoms with Crippen LogP contribution in [0.5, 0.6) is 0 Å². The maximum atomic E-state index is 4.47. The standard InChI is InChI=1S/C14H23N3S/c1-2-8-15-14-10-16-12(9-17-14)11-18-13-6-4-3-5-7-13/h9-10,13H,2-8,11H2,1H3,(H,15,17). The largest absolute Gasteiger partial charge is 0.369 e. The first-order valence-corrected chi connectivity index (χ1v) is 8.09. The quantitative estimate of drug-likeness (QED) is 0.847. The van der Waals surface area contributed by atoms with Crippen molar-refractivity contribution in [2.75, 3.05) is 11.9 Å². The van der Waals surface area contributed by atoms with Crippen molar-refractivity contribution >= 4 is 17.6 Å². The van der Waals surface area contributed by atoms with Gasteiger partial charge in [0.05, 0.1) is 18.1 Å². The summed E-state index contributed by atoms with van der Waals surface area (Å²) in [6, 6.07) is 0. The minimum Gasteiger partial charge on any atom is -0.369 e. The minimum atomic E-state index is 0.846. The van der Waals surface area contributed by atoms with Crippen molar-refractivity contribution < 1.29 is 0 Å². The number of nitrogens with one attached hydrogen (secondary N) is 1. The number of aromatic nitrogens is 2. The van der Waals surface area contributed by atoms with Gasteiger partial charge in [0.25, 0.3) is 0 Å². The molecule has 0 saturated heterocycles. The zero-order valence-corrected chi connectivity index (χ0v) is 12.0. The second-order valence-corrected chi connectivity index (χ2v) is 6.18. The highest BCUT2D eigenvalue weighted by Crippen LogP contribution is 2.29. The van der Waals surface area contributed by atoms with Crippen molar-refractivity contribution in [2.24, 2.45) is 0 Å². The molecule has 1 saturated carbocycles. The number of anilines is 1. The zero-order chi connectivity index (χ0) is 12.6. The fourth-order valence-electron chi connectivity index (χ4n) is 2.21. The van der Waals surface area contributed by atoms with Crippen LogP contribution >= 0.6 is 11.8 Å². The Bertz CT molecular complexity index is 333. The third kappa shape index (κ3) is 4.48. The molecule has 0 bridgehead atoms. The van der Waals surface area contributed by atoms with E-state index < -0.39 is 0 Å². The molecule has 0 spiro atoms. The maximum Gasteiger partial charge on any atom is 0.144 e. The molecule has 1 aromatic rings. The van der Waals surface area contributed by atoms with Crippen LogP contribution in [-0.4, -0.2) is 21.8 Å². The van der Waals surface area contributed by atoms with E-state index in [0.717, 1.165) is 35.5 Å². The van der Waals surface area contributed by atoms with Crippen LogP contribution in [-0.2, 0) is 5.75 Å². The van der Waals surface area contributed by atoms with Gasteiger partial charge in [0.15, 0.2) is 0 Å². The molecule has 18 heavy (non-hydrogen) atoms. The summed E-state index contributed by atoms with van der Waals surface area (Å²) in [6.45, 7) is 3.11. The number of thioether (sulfide) groups is 1. The summed E-state index contributed by atoms with van der Waals surface area (Å²) in [5, 5.41) is 4.09. The van der Waals surface area contributed by atoms with Crippen LogP contribution in [0.3, 0.4) is 0 Å². The zero-order valence-electron chi connectivity index (χ0n) is 11.2. The van der Waals surface area contributed by atoms with E-state index in [1.807, 2.05) is 12.4 Å². The topological polar surface area (TPSA) is 37.8 Å². The van der Waals surface area contributed by atoms with Gasteiger partial charge in [-0.05, 0) is 19.3 Å². The summed E-state index contributed by atoms with van der Waals surface area (Å²) in [7, 11) is 0. The van der Waals surface area contributed by atoms with Crippen molar-refractivity contribution in [3.8, 4) is 0 Å². The lowest BCUT2D eigenvalue weighted by molar-refractivity contribution is 0.516. The molecule has 1 aliphatic carbocycles. The van der Waals surface area contributed by atoms with E-state index >= 15 is 0 Å². The van der Waals surface area contributed by atoms with Crippen molar-refractivity contribution in [1.29, 1.82) is 0 Å². The third-order valence-electron chi connectivity index (χ3n) is 3.28. The predicted octanol–water partition coefficient (Wildman–Crippen LogP) is 3.86. The van der Waals surface area contributed by atoms with E-state index in [1.54, 1.807) is 0 Å². The monoisotopic (exact) mass is 265 g/mol. The summed E-state index contributed by atoms with van der Waals surface area (Å²) in [5.41, 5.74) is 1.10. The summed E-state index contributed by atoms with van der Waals surface area (Å²) < 4.78 is 0. The van der Waals surface area contributed by atoms with E-state index in [9.17, 15) is 0 Å². The summed E-state index contributed by atoms with van der Waals surface area (Å²) in [4.78, 5) is 8.86. The Hall–Kier alpha value is -0.770. The fraction of sp³-hybridized carbons (Fsp3) is 0.714. The van der Waals surface area contributed by atoms with Crippen molar-refractivity contribution in [3.05, 3.63) is 18.1 Å². The van der Waals surface area contributed by atoms with E-state index in [1.165, 1.54) is 32.1 Å². The van der Waals surface area contributed by atoms with Crippen LogP contribution in [0.25, 0.3) is 0 Å². The summed E-state index contributed by atoms with van der Waals surface area (Å²) in [6.07, 6.45) is 11.9. The maximum absolute atomic E-state index is 4.47. The predicted molar refractivity (Wildman–Crippen MR) is 79.0 cm³/mol. The molecule has 1 aliphatic rings. The molecule has 4 heteroatoms. The van der Waals surface area contributed by atoms with Gasteiger partial charge >= 0.3 is 0 Å². The lowest BCUT2D eigenvalue weighted by Crippen LogP contribution is -2.08. The Kier molecular flexibility index (Phi) is 5.78. The van der Waals surface area contributed by atoms with Gasteiger partial charge in [-0.25, -0.2) is 4.98 Å². The van der Waals surface area contributed by atoms with Gasteiger partial charge in [-0.3, -0.25) is 4.98 Å². The normalized spacial score (nSPS) is 16.7. The van der Waals surface area contributed by atoms with Gasteiger partial charge in [0, 0.05) is 17.5 Å². The van der Waals surface area contributed by atoms with Gasteiger partial charge in [-0.15, -0.1) is 0 Å². The molecule has 2 rings (SSSR count).